The van der Waals surface area contributed by atoms with Crippen LogP contribution in [-0.2, 0) is 13.0 Å². The van der Waals surface area contributed by atoms with Crippen molar-refractivity contribution < 1.29 is 9.53 Å². The first kappa shape index (κ1) is 11.9. The molecule has 1 rings (SSSR count). The van der Waals surface area contributed by atoms with Crippen molar-refractivity contribution in [1.29, 1.82) is 0 Å². The van der Waals surface area contributed by atoms with Crippen molar-refractivity contribution in [3.05, 3.63) is 34.5 Å². The van der Waals surface area contributed by atoms with E-state index in [1.807, 2.05) is 17.5 Å². The fourth-order valence-electron chi connectivity index (χ4n) is 0.698. The number of thiophene rings is 1. The second kappa shape index (κ2) is 4.59. The number of carbonyl (C=O) groups is 1. The number of hydrogen-bond acceptors (Lipinski definition) is 3. The molecule has 1 heterocycles. The van der Waals surface area contributed by atoms with Gasteiger partial charge in [-0.25, -0.2) is 4.79 Å². The zero-order chi connectivity index (χ0) is 10.8. The van der Waals surface area contributed by atoms with Gasteiger partial charge in [0.15, 0.2) is 0 Å². The first-order valence-corrected chi connectivity index (χ1v) is 6.20. The SMILES string of the molecule is C=C(C)C(=O)OC(Br)(Br)c1cccs1. The van der Waals surface area contributed by atoms with Crippen LogP contribution in [0.4, 0.5) is 0 Å². The molecular formula is C9H8Br2O2S. The largest absolute Gasteiger partial charge is 0.428 e. The quantitative estimate of drug-likeness (QED) is 0.476. The summed E-state index contributed by atoms with van der Waals surface area (Å²) in [5.41, 5.74) is 0.366. The van der Waals surface area contributed by atoms with Gasteiger partial charge in [0, 0.05) is 5.57 Å². The summed E-state index contributed by atoms with van der Waals surface area (Å²) in [5, 5.41) is 1.90. The van der Waals surface area contributed by atoms with Crippen LogP contribution in [0.15, 0.2) is 29.7 Å². The lowest BCUT2D eigenvalue weighted by molar-refractivity contribution is -0.141. The molecule has 5 heteroatoms. The molecule has 1 aromatic heterocycles. The highest BCUT2D eigenvalue weighted by atomic mass is 79.9. The molecule has 1 aromatic rings. The lowest BCUT2D eigenvalue weighted by atomic mass is 10.4. The van der Waals surface area contributed by atoms with Crippen LogP contribution in [0.2, 0.25) is 0 Å². The molecule has 0 aliphatic heterocycles. The minimum atomic E-state index is -0.940. The van der Waals surface area contributed by atoms with Crippen molar-refractivity contribution in [2.75, 3.05) is 0 Å². The van der Waals surface area contributed by atoms with Crippen molar-refractivity contribution in [2.45, 2.75) is 10.3 Å². The summed E-state index contributed by atoms with van der Waals surface area (Å²) in [7, 11) is 0. The van der Waals surface area contributed by atoms with Gasteiger partial charge in [-0.05, 0) is 50.2 Å². The topological polar surface area (TPSA) is 26.3 Å². The molecule has 0 N–H and O–H groups in total. The Labute approximate surface area is 103 Å². The summed E-state index contributed by atoms with van der Waals surface area (Å²) in [6.45, 7) is 5.11. The Kier molecular flexibility index (Phi) is 3.92. The number of rotatable bonds is 3. The molecule has 0 aliphatic rings. The molecule has 0 amide bonds. The Balaban J connectivity index is 2.77. The third kappa shape index (κ3) is 2.93. The van der Waals surface area contributed by atoms with Gasteiger partial charge in [-0.3, -0.25) is 0 Å². The number of halogens is 2. The van der Waals surface area contributed by atoms with Gasteiger partial charge in [0.25, 0.3) is 3.42 Å². The van der Waals surface area contributed by atoms with Crippen molar-refractivity contribution in [2.24, 2.45) is 0 Å². The Morgan fingerprint density at radius 3 is 2.71 bits per heavy atom. The van der Waals surface area contributed by atoms with Gasteiger partial charge in [0.2, 0.25) is 0 Å². The molecule has 0 saturated carbocycles. The highest BCUT2D eigenvalue weighted by Crippen LogP contribution is 2.42. The van der Waals surface area contributed by atoms with E-state index in [1.165, 1.54) is 11.3 Å². The van der Waals surface area contributed by atoms with Crippen molar-refractivity contribution in [3.8, 4) is 0 Å². The third-order valence-electron chi connectivity index (χ3n) is 1.38. The molecule has 0 radical (unpaired) electrons. The van der Waals surface area contributed by atoms with Gasteiger partial charge >= 0.3 is 5.97 Å². The Morgan fingerprint density at radius 2 is 2.29 bits per heavy atom. The maximum absolute atomic E-state index is 11.3. The van der Waals surface area contributed by atoms with E-state index in [1.54, 1.807) is 6.92 Å². The van der Waals surface area contributed by atoms with Crippen LogP contribution in [0.25, 0.3) is 0 Å². The predicted octanol–water partition coefficient (Wildman–Crippen LogP) is 3.77. The number of ether oxygens (including phenoxy) is 1. The summed E-state index contributed by atoms with van der Waals surface area (Å²) in [5.74, 6) is -0.438. The lowest BCUT2D eigenvalue weighted by Crippen LogP contribution is -2.18. The van der Waals surface area contributed by atoms with E-state index in [9.17, 15) is 4.79 Å². The molecule has 14 heavy (non-hydrogen) atoms. The molecule has 2 nitrogen and oxygen atoms in total. The van der Waals surface area contributed by atoms with Gasteiger partial charge in [-0.1, -0.05) is 12.6 Å². The maximum atomic E-state index is 11.3. The Hall–Kier alpha value is -0.130. The van der Waals surface area contributed by atoms with Crippen LogP contribution >= 0.6 is 43.2 Å². The zero-order valence-electron chi connectivity index (χ0n) is 7.42. The lowest BCUT2D eigenvalue weighted by Gasteiger charge is -2.19. The van der Waals surface area contributed by atoms with Gasteiger partial charge in [0.1, 0.15) is 0 Å². The molecule has 0 atom stereocenters. The number of hydrogen-bond donors (Lipinski definition) is 0. The van der Waals surface area contributed by atoms with E-state index in [-0.39, 0.29) is 0 Å². The zero-order valence-corrected chi connectivity index (χ0v) is 11.4. The summed E-state index contributed by atoms with van der Waals surface area (Å²) >= 11 is 8.05. The molecule has 76 valence electrons. The van der Waals surface area contributed by atoms with E-state index in [4.69, 9.17) is 4.74 Å². The van der Waals surface area contributed by atoms with Crippen molar-refractivity contribution >= 4 is 49.2 Å². The predicted molar refractivity (Wildman–Crippen MR) is 64.8 cm³/mol. The van der Waals surface area contributed by atoms with Gasteiger partial charge < -0.3 is 4.74 Å². The molecule has 0 fully saturated rings. The van der Waals surface area contributed by atoms with Crippen molar-refractivity contribution in [3.63, 3.8) is 0 Å². The Morgan fingerprint density at radius 1 is 1.64 bits per heavy atom. The second-order valence-electron chi connectivity index (χ2n) is 2.66. The molecular weight excluding hydrogens is 332 g/mol. The first-order valence-electron chi connectivity index (χ1n) is 3.74. The minimum Gasteiger partial charge on any atom is -0.428 e. The van der Waals surface area contributed by atoms with E-state index in [0.29, 0.717) is 5.57 Å². The summed E-state index contributed by atoms with van der Waals surface area (Å²) < 4.78 is 4.21. The smallest absolute Gasteiger partial charge is 0.335 e. The highest BCUT2D eigenvalue weighted by molar-refractivity contribution is 9.24. The molecule has 0 unspecified atom stereocenters. The number of esters is 1. The van der Waals surface area contributed by atoms with E-state index < -0.39 is 9.39 Å². The van der Waals surface area contributed by atoms with Crippen LogP contribution in [0.3, 0.4) is 0 Å². The monoisotopic (exact) mass is 338 g/mol. The third-order valence-corrected chi connectivity index (χ3v) is 4.05. The highest BCUT2D eigenvalue weighted by Gasteiger charge is 2.31. The van der Waals surface area contributed by atoms with Crippen LogP contribution < -0.4 is 0 Å². The van der Waals surface area contributed by atoms with Crippen molar-refractivity contribution in [1.82, 2.24) is 0 Å². The Bertz CT molecular complexity index is 344. The molecule has 0 bridgehead atoms. The molecule has 0 saturated heterocycles. The number of carbonyl (C=O) groups excluding carboxylic acids is 1. The fourth-order valence-corrected chi connectivity index (χ4v) is 2.46. The first-order chi connectivity index (χ1) is 6.43. The van der Waals surface area contributed by atoms with Gasteiger partial charge in [0.05, 0.1) is 4.88 Å². The van der Waals surface area contributed by atoms with E-state index >= 15 is 0 Å². The molecule has 0 spiro atoms. The number of alkyl halides is 2. The molecule has 0 aromatic carbocycles. The fraction of sp³-hybridized carbons (Fsp3) is 0.222. The van der Waals surface area contributed by atoms with Gasteiger partial charge in [-0.2, -0.15) is 0 Å². The van der Waals surface area contributed by atoms with Crippen LogP contribution in [-0.4, -0.2) is 5.97 Å². The second-order valence-corrected chi connectivity index (χ2v) is 6.91. The minimum absolute atomic E-state index is 0.366. The summed E-state index contributed by atoms with van der Waals surface area (Å²) in [6.07, 6.45) is 0. The van der Waals surface area contributed by atoms with E-state index in [2.05, 4.69) is 38.4 Å². The summed E-state index contributed by atoms with van der Waals surface area (Å²) in [4.78, 5) is 12.1. The summed E-state index contributed by atoms with van der Waals surface area (Å²) in [6, 6.07) is 3.74. The normalized spacial score (nSPS) is 11.1. The average Bonchev–Trinajstić information content (AvgIpc) is 2.54. The standard InChI is InChI=1S/C9H8Br2O2S/c1-6(2)8(12)13-9(10,11)7-4-3-5-14-7/h3-5H,1H2,2H3. The van der Waals surface area contributed by atoms with Gasteiger partial charge in [-0.15, -0.1) is 11.3 Å². The van der Waals surface area contributed by atoms with Crippen LogP contribution in [0.5, 0.6) is 0 Å². The average molecular weight is 340 g/mol. The van der Waals surface area contributed by atoms with E-state index in [0.717, 1.165) is 4.88 Å². The van der Waals surface area contributed by atoms with Crippen LogP contribution in [0.1, 0.15) is 11.8 Å². The van der Waals surface area contributed by atoms with Crippen LogP contribution in [0, 0.1) is 0 Å². The maximum Gasteiger partial charge on any atom is 0.335 e. The molecule has 0 aliphatic carbocycles.